The van der Waals surface area contributed by atoms with E-state index < -0.39 is 0 Å². The van der Waals surface area contributed by atoms with Gasteiger partial charge in [0, 0.05) is 47.1 Å². The second-order valence-corrected chi connectivity index (χ2v) is 7.30. The number of anilines is 1. The highest BCUT2D eigenvalue weighted by Gasteiger charge is 2.33. The van der Waals surface area contributed by atoms with Crippen LogP contribution in [0.4, 0.5) is 10.2 Å². The zero-order valence-electron chi connectivity index (χ0n) is 13.3. The van der Waals surface area contributed by atoms with Gasteiger partial charge in [-0.05, 0) is 29.1 Å². The Kier molecular flexibility index (Phi) is 4.41. The summed E-state index contributed by atoms with van der Waals surface area (Å²) in [4.78, 5) is 10.9. The zero-order chi connectivity index (χ0) is 17.4. The van der Waals surface area contributed by atoms with Crippen molar-refractivity contribution in [3.05, 3.63) is 63.8 Å². The first-order valence-corrected chi connectivity index (χ1v) is 9.24. The van der Waals surface area contributed by atoms with Crippen molar-refractivity contribution in [2.45, 2.75) is 12.0 Å². The maximum Gasteiger partial charge on any atom is 0.132 e. The van der Waals surface area contributed by atoms with E-state index in [1.54, 1.807) is 23.7 Å². The summed E-state index contributed by atoms with van der Waals surface area (Å²) in [5.74, 6) is 0.536. The van der Waals surface area contributed by atoms with Crippen LogP contribution in [0.15, 0.2) is 47.4 Å². The standard InChI is InChI=1S/C18H16ClFN4S/c19-15-5-12(20)1-2-13(15)14-7-24(8-16(14)21)18-6-17(22-10-23-18)11-3-4-25-9-11/h1-6,9-10,14,16H,7-8,21H2. The summed E-state index contributed by atoms with van der Waals surface area (Å²) in [7, 11) is 0. The van der Waals surface area contributed by atoms with Gasteiger partial charge in [0.1, 0.15) is 18.0 Å². The minimum Gasteiger partial charge on any atom is -0.354 e. The minimum absolute atomic E-state index is 0.0349. The molecule has 2 unspecified atom stereocenters. The first kappa shape index (κ1) is 16.4. The average molecular weight is 375 g/mol. The Morgan fingerprint density at radius 3 is 2.84 bits per heavy atom. The minimum atomic E-state index is -0.339. The smallest absolute Gasteiger partial charge is 0.132 e. The normalized spacial score (nSPS) is 20.2. The number of nitrogens with zero attached hydrogens (tertiary/aromatic N) is 3. The maximum atomic E-state index is 13.3. The molecule has 3 aromatic rings. The molecule has 7 heteroatoms. The van der Waals surface area contributed by atoms with Gasteiger partial charge in [-0.25, -0.2) is 14.4 Å². The van der Waals surface area contributed by atoms with E-state index >= 15 is 0 Å². The molecule has 3 heterocycles. The second kappa shape index (κ2) is 6.71. The van der Waals surface area contributed by atoms with E-state index in [1.807, 2.05) is 17.5 Å². The summed E-state index contributed by atoms with van der Waals surface area (Å²) in [5.41, 5.74) is 9.19. The zero-order valence-corrected chi connectivity index (χ0v) is 14.8. The highest BCUT2D eigenvalue weighted by molar-refractivity contribution is 7.08. The summed E-state index contributed by atoms with van der Waals surface area (Å²) in [6, 6.07) is 8.41. The summed E-state index contributed by atoms with van der Waals surface area (Å²) in [5, 5.41) is 4.50. The van der Waals surface area contributed by atoms with Gasteiger partial charge < -0.3 is 10.6 Å². The molecule has 0 bridgehead atoms. The van der Waals surface area contributed by atoms with Crippen LogP contribution in [0.1, 0.15) is 11.5 Å². The van der Waals surface area contributed by atoms with Crippen molar-refractivity contribution >= 4 is 28.8 Å². The van der Waals surface area contributed by atoms with E-state index in [9.17, 15) is 4.39 Å². The number of halogens is 2. The van der Waals surface area contributed by atoms with Gasteiger partial charge in [-0.3, -0.25) is 0 Å². The molecule has 0 aliphatic carbocycles. The molecule has 2 N–H and O–H groups in total. The lowest BCUT2D eigenvalue weighted by molar-refractivity contribution is 0.620. The Morgan fingerprint density at radius 2 is 2.08 bits per heavy atom. The van der Waals surface area contributed by atoms with Crippen LogP contribution >= 0.6 is 22.9 Å². The van der Waals surface area contributed by atoms with Crippen LogP contribution in [-0.2, 0) is 0 Å². The van der Waals surface area contributed by atoms with Gasteiger partial charge in [0.05, 0.1) is 5.69 Å². The van der Waals surface area contributed by atoms with E-state index in [-0.39, 0.29) is 17.8 Å². The Balaban J connectivity index is 1.60. The predicted octanol–water partition coefficient (Wildman–Crippen LogP) is 3.93. The van der Waals surface area contributed by atoms with Crippen molar-refractivity contribution in [2.75, 3.05) is 18.0 Å². The highest BCUT2D eigenvalue weighted by Crippen LogP contribution is 2.34. The third kappa shape index (κ3) is 3.25. The molecule has 25 heavy (non-hydrogen) atoms. The third-order valence-corrected chi connectivity index (χ3v) is 5.53. The SMILES string of the molecule is NC1CN(c2cc(-c3ccsc3)ncn2)CC1c1ccc(F)cc1Cl. The summed E-state index contributed by atoms with van der Waals surface area (Å²) in [6.45, 7) is 1.35. The van der Waals surface area contributed by atoms with E-state index in [1.165, 1.54) is 12.1 Å². The molecule has 0 amide bonds. The largest absolute Gasteiger partial charge is 0.354 e. The highest BCUT2D eigenvalue weighted by atomic mass is 35.5. The monoisotopic (exact) mass is 374 g/mol. The Morgan fingerprint density at radius 1 is 1.20 bits per heavy atom. The molecule has 1 aliphatic heterocycles. The molecule has 1 aliphatic rings. The van der Waals surface area contributed by atoms with Crippen LogP contribution in [-0.4, -0.2) is 29.1 Å². The molecule has 0 radical (unpaired) electrons. The Labute approximate surface area is 154 Å². The summed E-state index contributed by atoms with van der Waals surface area (Å²) < 4.78 is 13.3. The number of rotatable bonds is 3. The number of hydrogen-bond donors (Lipinski definition) is 1. The molecule has 4 rings (SSSR count). The number of benzene rings is 1. The number of thiophene rings is 1. The fraction of sp³-hybridized carbons (Fsp3) is 0.222. The van der Waals surface area contributed by atoms with Crippen LogP contribution in [0.3, 0.4) is 0 Å². The molecule has 128 valence electrons. The molecule has 0 spiro atoms. The fourth-order valence-corrected chi connectivity index (χ4v) is 4.19. The van der Waals surface area contributed by atoms with E-state index in [0.717, 1.165) is 22.6 Å². The third-order valence-electron chi connectivity index (χ3n) is 4.52. The van der Waals surface area contributed by atoms with Crippen molar-refractivity contribution in [1.82, 2.24) is 9.97 Å². The first-order valence-electron chi connectivity index (χ1n) is 7.92. The maximum absolute atomic E-state index is 13.3. The van der Waals surface area contributed by atoms with Crippen molar-refractivity contribution in [3.63, 3.8) is 0 Å². The van der Waals surface area contributed by atoms with Crippen LogP contribution in [0.5, 0.6) is 0 Å². The number of aromatic nitrogens is 2. The molecule has 1 saturated heterocycles. The van der Waals surface area contributed by atoms with Crippen molar-refractivity contribution in [1.29, 1.82) is 0 Å². The van der Waals surface area contributed by atoms with Crippen LogP contribution in [0.25, 0.3) is 11.3 Å². The Bertz CT molecular complexity index is 887. The summed E-state index contributed by atoms with van der Waals surface area (Å²) in [6.07, 6.45) is 1.58. The van der Waals surface area contributed by atoms with E-state index in [4.69, 9.17) is 17.3 Å². The van der Waals surface area contributed by atoms with Gasteiger partial charge in [-0.2, -0.15) is 11.3 Å². The molecule has 1 aromatic carbocycles. The lowest BCUT2D eigenvalue weighted by Gasteiger charge is -2.18. The molecular weight excluding hydrogens is 359 g/mol. The average Bonchev–Trinajstić information content (AvgIpc) is 3.25. The van der Waals surface area contributed by atoms with E-state index in [2.05, 4.69) is 20.2 Å². The molecule has 2 aromatic heterocycles. The molecule has 4 nitrogen and oxygen atoms in total. The van der Waals surface area contributed by atoms with Gasteiger partial charge in [-0.15, -0.1) is 0 Å². The second-order valence-electron chi connectivity index (χ2n) is 6.11. The molecule has 1 fully saturated rings. The lowest BCUT2D eigenvalue weighted by atomic mass is 9.95. The first-order chi connectivity index (χ1) is 12.1. The molecule has 0 saturated carbocycles. The molecule has 2 atom stereocenters. The van der Waals surface area contributed by atoms with Crippen LogP contribution < -0.4 is 10.6 Å². The molecular formula is C18H16ClFN4S. The fourth-order valence-electron chi connectivity index (χ4n) is 3.24. The van der Waals surface area contributed by atoms with Crippen LogP contribution in [0.2, 0.25) is 5.02 Å². The number of nitrogens with two attached hydrogens (primary N) is 1. The van der Waals surface area contributed by atoms with Gasteiger partial charge in [0.2, 0.25) is 0 Å². The van der Waals surface area contributed by atoms with Crippen molar-refractivity contribution in [2.24, 2.45) is 5.73 Å². The van der Waals surface area contributed by atoms with Crippen molar-refractivity contribution in [3.8, 4) is 11.3 Å². The van der Waals surface area contributed by atoms with E-state index in [0.29, 0.717) is 18.1 Å². The van der Waals surface area contributed by atoms with Gasteiger partial charge in [0.25, 0.3) is 0 Å². The quantitative estimate of drug-likeness (QED) is 0.754. The predicted molar refractivity (Wildman–Crippen MR) is 99.7 cm³/mol. The van der Waals surface area contributed by atoms with Gasteiger partial charge in [-0.1, -0.05) is 17.7 Å². The topological polar surface area (TPSA) is 55.0 Å². The number of hydrogen-bond acceptors (Lipinski definition) is 5. The van der Waals surface area contributed by atoms with Crippen LogP contribution in [0, 0.1) is 5.82 Å². The summed E-state index contributed by atoms with van der Waals surface area (Å²) >= 11 is 7.86. The van der Waals surface area contributed by atoms with Gasteiger partial charge in [0.15, 0.2) is 0 Å². The Hall–Kier alpha value is -2.02. The lowest BCUT2D eigenvalue weighted by Crippen LogP contribution is -2.29. The van der Waals surface area contributed by atoms with Crippen molar-refractivity contribution < 1.29 is 4.39 Å². The van der Waals surface area contributed by atoms with Gasteiger partial charge >= 0.3 is 0 Å².